The molecule has 0 saturated heterocycles. The molecule has 0 spiro atoms. The van der Waals surface area contributed by atoms with Crippen molar-refractivity contribution in [1.29, 1.82) is 0 Å². The Morgan fingerprint density at radius 1 is 0.926 bits per heavy atom. The maximum absolute atomic E-state index is 12.3. The van der Waals surface area contributed by atoms with E-state index in [1.807, 2.05) is 37.3 Å². The number of carbonyl (C=O) groups excluding carboxylic acids is 2. The van der Waals surface area contributed by atoms with E-state index in [-0.39, 0.29) is 17.9 Å². The Morgan fingerprint density at radius 2 is 1.63 bits per heavy atom. The van der Waals surface area contributed by atoms with Crippen LogP contribution in [0.5, 0.6) is 0 Å². The van der Waals surface area contributed by atoms with Gasteiger partial charge in [0.1, 0.15) is 0 Å². The Labute approximate surface area is 162 Å². The van der Waals surface area contributed by atoms with Crippen LogP contribution >= 0.6 is 0 Å². The molecule has 27 heavy (non-hydrogen) atoms. The molecule has 0 aliphatic carbocycles. The quantitative estimate of drug-likeness (QED) is 0.584. The molecule has 1 atom stereocenters. The molecule has 2 rings (SSSR count). The van der Waals surface area contributed by atoms with Gasteiger partial charge in [0.15, 0.2) is 0 Å². The lowest BCUT2D eigenvalue weighted by atomic mass is 10.1. The van der Waals surface area contributed by atoms with Gasteiger partial charge in [-0.3, -0.25) is 9.59 Å². The highest BCUT2D eigenvalue weighted by Gasteiger charge is 2.10. The summed E-state index contributed by atoms with van der Waals surface area (Å²) in [5, 5.41) is 5.91. The lowest BCUT2D eigenvalue weighted by Crippen LogP contribution is -2.32. The molecule has 4 heteroatoms. The highest BCUT2D eigenvalue weighted by Crippen LogP contribution is 2.12. The van der Waals surface area contributed by atoms with Gasteiger partial charge in [-0.1, -0.05) is 62.9 Å². The minimum Gasteiger partial charge on any atom is -0.350 e. The number of unbranched alkanes of at least 4 members (excludes halogenated alkanes) is 3. The lowest BCUT2D eigenvalue weighted by Gasteiger charge is -2.14. The summed E-state index contributed by atoms with van der Waals surface area (Å²) in [5.74, 6) is -0.140. The molecule has 2 N–H and O–H groups in total. The number of hydrogen-bond acceptors (Lipinski definition) is 2. The van der Waals surface area contributed by atoms with Crippen LogP contribution in [0.1, 0.15) is 61.9 Å². The Balaban J connectivity index is 1.79. The predicted octanol–water partition coefficient (Wildman–Crippen LogP) is 4.96. The minimum atomic E-state index is -0.0703. The Morgan fingerprint density at radius 3 is 2.30 bits per heavy atom. The smallest absolute Gasteiger partial charge is 0.251 e. The number of anilines is 1. The average molecular weight is 367 g/mol. The van der Waals surface area contributed by atoms with Crippen LogP contribution in [0.15, 0.2) is 54.6 Å². The van der Waals surface area contributed by atoms with Gasteiger partial charge in [-0.05, 0) is 43.2 Å². The first-order chi connectivity index (χ1) is 13.1. The predicted molar refractivity (Wildman–Crippen MR) is 111 cm³/mol. The van der Waals surface area contributed by atoms with Crippen LogP contribution in [0.4, 0.5) is 5.69 Å². The van der Waals surface area contributed by atoms with Gasteiger partial charge in [-0.15, -0.1) is 0 Å². The third kappa shape index (κ3) is 7.65. The van der Waals surface area contributed by atoms with E-state index in [1.165, 1.54) is 19.3 Å². The number of nitrogens with one attached hydrogen (secondary N) is 2. The molecule has 144 valence electrons. The van der Waals surface area contributed by atoms with Gasteiger partial charge >= 0.3 is 0 Å². The van der Waals surface area contributed by atoms with Gasteiger partial charge in [0.05, 0.1) is 6.42 Å². The highest BCUT2D eigenvalue weighted by molar-refractivity contribution is 5.96. The normalized spacial score (nSPS) is 11.6. The maximum atomic E-state index is 12.3. The van der Waals surface area contributed by atoms with E-state index in [2.05, 4.69) is 17.6 Å². The van der Waals surface area contributed by atoms with E-state index in [9.17, 15) is 9.59 Å². The molecule has 2 aromatic carbocycles. The van der Waals surface area contributed by atoms with Crippen molar-refractivity contribution in [2.45, 2.75) is 58.4 Å². The molecule has 0 aliphatic heterocycles. The van der Waals surface area contributed by atoms with E-state index < -0.39 is 0 Å². The third-order valence-electron chi connectivity index (χ3n) is 4.51. The molecule has 4 nitrogen and oxygen atoms in total. The summed E-state index contributed by atoms with van der Waals surface area (Å²) in [5.41, 5.74) is 2.27. The van der Waals surface area contributed by atoms with Crippen LogP contribution < -0.4 is 10.6 Å². The van der Waals surface area contributed by atoms with Crippen LogP contribution in [0.2, 0.25) is 0 Å². The number of hydrogen-bond donors (Lipinski definition) is 2. The SMILES string of the molecule is CCCCCCC(C)NC(=O)c1ccc(NC(=O)Cc2ccccc2)cc1. The van der Waals surface area contributed by atoms with Crippen molar-refractivity contribution < 1.29 is 9.59 Å². The van der Waals surface area contributed by atoms with Crippen molar-refractivity contribution in [3.05, 3.63) is 65.7 Å². The van der Waals surface area contributed by atoms with Crippen molar-refractivity contribution in [3.8, 4) is 0 Å². The molecule has 0 radical (unpaired) electrons. The fourth-order valence-electron chi connectivity index (χ4n) is 2.95. The van der Waals surface area contributed by atoms with Crippen molar-refractivity contribution in [2.75, 3.05) is 5.32 Å². The van der Waals surface area contributed by atoms with E-state index >= 15 is 0 Å². The van der Waals surface area contributed by atoms with Crippen LogP contribution in [0.25, 0.3) is 0 Å². The summed E-state index contributed by atoms with van der Waals surface area (Å²) in [6, 6.07) is 16.8. The zero-order valence-electron chi connectivity index (χ0n) is 16.3. The molecule has 1 unspecified atom stereocenters. The van der Waals surface area contributed by atoms with Crippen molar-refractivity contribution >= 4 is 17.5 Å². The number of benzene rings is 2. The van der Waals surface area contributed by atoms with Gasteiger partial charge < -0.3 is 10.6 Å². The van der Waals surface area contributed by atoms with Crippen LogP contribution in [0, 0.1) is 0 Å². The number of rotatable bonds is 10. The Hall–Kier alpha value is -2.62. The lowest BCUT2D eigenvalue weighted by molar-refractivity contribution is -0.115. The van der Waals surface area contributed by atoms with Crippen LogP contribution in [0.3, 0.4) is 0 Å². The zero-order chi connectivity index (χ0) is 19.5. The van der Waals surface area contributed by atoms with Gasteiger partial charge in [-0.25, -0.2) is 0 Å². The van der Waals surface area contributed by atoms with Crippen molar-refractivity contribution in [3.63, 3.8) is 0 Å². The monoisotopic (exact) mass is 366 g/mol. The standard InChI is InChI=1S/C23H30N2O2/c1-3-4-5-7-10-18(2)24-23(27)20-13-15-21(16-14-20)25-22(26)17-19-11-8-6-9-12-19/h6,8-9,11-16,18H,3-5,7,10,17H2,1-2H3,(H,24,27)(H,25,26). The summed E-state index contributed by atoms with van der Waals surface area (Å²) in [4.78, 5) is 24.4. The maximum Gasteiger partial charge on any atom is 0.251 e. The average Bonchev–Trinajstić information content (AvgIpc) is 2.66. The molecule has 0 bridgehead atoms. The number of carbonyl (C=O) groups is 2. The molecule has 0 saturated carbocycles. The fraction of sp³-hybridized carbons (Fsp3) is 0.391. The molecular weight excluding hydrogens is 336 g/mol. The summed E-state index contributed by atoms with van der Waals surface area (Å²) in [6.45, 7) is 4.24. The molecular formula is C23H30N2O2. The molecule has 0 aromatic heterocycles. The molecule has 0 heterocycles. The minimum absolute atomic E-state index is 0.0693. The van der Waals surface area contributed by atoms with Gasteiger partial charge in [0, 0.05) is 17.3 Å². The fourth-order valence-corrected chi connectivity index (χ4v) is 2.95. The van der Waals surface area contributed by atoms with Gasteiger partial charge in [0.25, 0.3) is 5.91 Å². The molecule has 0 aliphatic rings. The first-order valence-electron chi connectivity index (χ1n) is 9.83. The van der Waals surface area contributed by atoms with E-state index in [4.69, 9.17) is 0 Å². The molecule has 2 aromatic rings. The van der Waals surface area contributed by atoms with Crippen LogP contribution in [-0.4, -0.2) is 17.9 Å². The Bertz CT molecular complexity index is 711. The van der Waals surface area contributed by atoms with Crippen molar-refractivity contribution in [2.24, 2.45) is 0 Å². The Kier molecular flexibility index (Phi) is 8.56. The van der Waals surface area contributed by atoms with Gasteiger partial charge in [-0.2, -0.15) is 0 Å². The summed E-state index contributed by atoms with van der Waals surface area (Å²) in [7, 11) is 0. The topological polar surface area (TPSA) is 58.2 Å². The third-order valence-corrected chi connectivity index (χ3v) is 4.51. The van der Waals surface area contributed by atoms with Crippen molar-refractivity contribution in [1.82, 2.24) is 5.32 Å². The first kappa shape index (κ1) is 20.7. The summed E-state index contributed by atoms with van der Waals surface area (Å²) < 4.78 is 0. The second-order valence-corrected chi connectivity index (χ2v) is 7.01. The molecule has 0 fully saturated rings. The largest absolute Gasteiger partial charge is 0.350 e. The van der Waals surface area contributed by atoms with E-state index in [1.54, 1.807) is 24.3 Å². The first-order valence-corrected chi connectivity index (χ1v) is 9.83. The van der Waals surface area contributed by atoms with E-state index in [0.29, 0.717) is 17.7 Å². The number of amides is 2. The highest BCUT2D eigenvalue weighted by atomic mass is 16.2. The molecule has 2 amide bonds. The second kappa shape index (κ2) is 11.2. The van der Waals surface area contributed by atoms with Crippen LogP contribution in [-0.2, 0) is 11.2 Å². The zero-order valence-corrected chi connectivity index (χ0v) is 16.3. The second-order valence-electron chi connectivity index (χ2n) is 7.01. The van der Waals surface area contributed by atoms with E-state index in [0.717, 1.165) is 18.4 Å². The van der Waals surface area contributed by atoms with Gasteiger partial charge in [0.2, 0.25) is 5.91 Å². The summed E-state index contributed by atoms with van der Waals surface area (Å²) in [6.07, 6.45) is 6.15. The summed E-state index contributed by atoms with van der Waals surface area (Å²) >= 11 is 0.